The lowest BCUT2D eigenvalue weighted by Gasteiger charge is -2.38. The van der Waals surface area contributed by atoms with Crippen molar-refractivity contribution >= 4 is 17.6 Å². The summed E-state index contributed by atoms with van der Waals surface area (Å²) >= 11 is 0. The molecular formula is C34H29FN4O3. The Kier molecular flexibility index (Phi) is 7.27. The number of aryl methyl sites for hydroxylation is 1. The Bertz CT molecular complexity index is 1740. The van der Waals surface area contributed by atoms with Gasteiger partial charge in [-0.15, -0.1) is 0 Å². The molecule has 1 aromatic heterocycles. The first kappa shape index (κ1) is 27.0. The first-order chi connectivity index (χ1) is 20.4. The molecule has 1 N–H and O–H groups in total. The van der Waals surface area contributed by atoms with Crippen molar-refractivity contribution in [1.29, 1.82) is 0 Å². The van der Waals surface area contributed by atoms with Crippen LogP contribution >= 0.6 is 0 Å². The normalized spacial score (nSPS) is 16.2. The summed E-state index contributed by atoms with van der Waals surface area (Å²) in [6, 6.07) is 30.8. The first-order valence-electron chi connectivity index (χ1n) is 13.8. The molecule has 0 saturated heterocycles. The second-order valence-electron chi connectivity index (χ2n) is 10.1. The molecule has 7 nitrogen and oxygen atoms in total. The van der Waals surface area contributed by atoms with Crippen LogP contribution in [0.1, 0.15) is 40.0 Å². The largest absolute Gasteiger partial charge is 0.457 e. The van der Waals surface area contributed by atoms with Gasteiger partial charge in [0.25, 0.3) is 11.8 Å². The number of para-hydroxylation sites is 2. The minimum absolute atomic E-state index is 0.276. The zero-order chi connectivity index (χ0) is 29.2. The fraction of sp³-hybridized carbons (Fsp3) is 0.147. The van der Waals surface area contributed by atoms with E-state index in [1.54, 1.807) is 46.0 Å². The molecule has 0 radical (unpaired) electrons. The number of nitrogens with one attached hydrogen (secondary N) is 1. The van der Waals surface area contributed by atoms with E-state index < -0.39 is 17.9 Å². The Morgan fingerprint density at radius 2 is 1.57 bits per heavy atom. The third kappa shape index (κ3) is 5.03. The molecule has 5 aromatic rings. The molecule has 1 aliphatic rings. The van der Waals surface area contributed by atoms with Crippen molar-refractivity contribution < 1.29 is 18.7 Å². The van der Waals surface area contributed by atoms with Crippen molar-refractivity contribution in [3.63, 3.8) is 0 Å². The number of benzene rings is 4. The molecule has 0 aliphatic carbocycles. The van der Waals surface area contributed by atoms with Crippen molar-refractivity contribution in [1.82, 2.24) is 15.1 Å². The average molecular weight is 561 g/mol. The summed E-state index contributed by atoms with van der Waals surface area (Å²) in [6.45, 7) is 4.15. The van der Waals surface area contributed by atoms with Gasteiger partial charge in [0.1, 0.15) is 29.2 Å². The highest BCUT2D eigenvalue weighted by molar-refractivity contribution is 6.05. The molecule has 0 unspecified atom stereocenters. The predicted molar refractivity (Wildman–Crippen MR) is 159 cm³/mol. The molecule has 6 rings (SSSR count). The van der Waals surface area contributed by atoms with E-state index in [-0.39, 0.29) is 11.7 Å². The van der Waals surface area contributed by atoms with Gasteiger partial charge in [0.2, 0.25) is 0 Å². The number of rotatable bonds is 7. The standard InChI is InChI=1S/C34H29FN4O3/c1-3-38-33-29(22(2)37-39(33)26-12-6-4-7-13-26)30(23-17-19-25(35)20-18-23)31(34(38)41)36-32(40)24-11-10-16-28(21-24)42-27-14-8-5-9-15-27/h4-21,30-31H,3H2,1-2H3,(H,36,40)/t30-,31-/m0/s1. The highest BCUT2D eigenvalue weighted by Crippen LogP contribution is 2.43. The van der Waals surface area contributed by atoms with Gasteiger partial charge in [-0.05, 0) is 74.0 Å². The molecule has 0 bridgehead atoms. The second-order valence-corrected chi connectivity index (χ2v) is 10.1. The van der Waals surface area contributed by atoms with Crippen LogP contribution in [0.25, 0.3) is 5.69 Å². The molecule has 210 valence electrons. The maximum atomic E-state index is 14.2. The lowest BCUT2D eigenvalue weighted by Crippen LogP contribution is -2.55. The van der Waals surface area contributed by atoms with Crippen LogP contribution in [0.3, 0.4) is 0 Å². The second kappa shape index (κ2) is 11.3. The van der Waals surface area contributed by atoms with Gasteiger partial charge in [-0.25, -0.2) is 9.07 Å². The predicted octanol–water partition coefficient (Wildman–Crippen LogP) is 6.41. The van der Waals surface area contributed by atoms with Crippen LogP contribution in [-0.2, 0) is 4.79 Å². The number of halogens is 1. The molecule has 0 fully saturated rings. The van der Waals surface area contributed by atoms with Gasteiger partial charge in [-0.3, -0.25) is 14.5 Å². The molecule has 4 aromatic carbocycles. The highest BCUT2D eigenvalue weighted by Gasteiger charge is 2.45. The summed E-state index contributed by atoms with van der Waals surface area (Å²) < 4.78 is 21.7. The smallest absolute Gasteiger partial charge is 0.252 e. The summed E-state index contributed by atoms with van der Waals surface area (Å²) in [6.07, 6.45) is 0. The quantitative estimate of drug-likeness (QED) is 0.250. The molecular weight excluding hydrogens is 531 g/mol. The molecule has 1 aliphatic heterocycles. The lowest BCUT2D eigenvalue weighted by atomic mass is 9.81. The molecule has 0 spiro atoms. The summed E-state index contributed by atoms with van der Waals surface area (Å²) in [4.78, 5) is 29.6. The number of fused-ring (bicyclic) bond motifs is 1. The molecule has 8 heteroatoms. The highest BCUT2D eigenvalue weighted by atomic mass is 19.1. The molecule has 42 heavy (non-hydrogen) atoms. The van der Waals surface area contributed by atoms with Gasteiger partial charge in [-0.2, -0.15) is 5.10 Å². The number of amides is 2. The molecule has 0 saturated carbocycles. The van der Waals surface area contributed by atoms with Crippen molar-refractivity contribution in [2.24, 2.45) is 0 Å². The lowest BCUT2D eigenvalue weighted by molar-refractivity contribution is -0.121. The number of carbonyl (C=O) groups is 2. The van der Waals surface area contributed by atoms with E-state index in [1.165, 1.54) is 12.1 Å². The number of ether oxygens (including phenoxy) is 1. The number of nitrogens with zero attached hydrogens (tertiary/aromatic N) is 3. The van der Waals surface area contributed by atoms with E-state index in [1.807, 2.05) is 74.5 Å². The minimum Gasteiger partial charge on any atom is -0.457 e. The van der Waals surface area contributed by atoms with E-state index in [4.69, 9.17) is 9.84 Å². The van der Waals surface area contributed by atoms with E-state index in [2.05, 4.69) is 5.32 Å². The van der Waals surface area contributed by atoms with Crippen LogP contribution < -0.4 is 15.0 Å². The zero-order valence-corrected chi connectivity index (χ0v) is 23.2. The van der Waals surface area contributed by atoms with Crippen LogP contribution in [0.4, 0.5) is 10.2 Å². The Labute approximate surface area is 243 Å². The van der Waals surface area contributed by atoms with Crippen LogP contribution in [0.5, 0.6) is 11.5 Å². The Morgan fingerprint density at radius 1 is 0.905 bits per heavy atom. The van der Waals surface area contributed by atoms with Crippen LogP contribution in [0, 0.1) is 12.7 Å². The van der Waals surface area contributed by atoms with Crippen molar-refractivity contribution in [3.05, 3.63) is 137 Å². The maximum Gasteiger partial charge on any atom is 0.252 e. The number of hydrogen-bond acceptors (Lipinski definition) is 4. The number of anilines is 1. The van der Waals surface area contributed by atoms with E-state index in [0.29, 0.717) is 40.7 Å². The van der Waals surface area contributed by atoms with Crippen LogP contribution in [-0.4, -0.2) is 34.2 Å². The third-order valence-electron chi connectivity index (χ3n) is 7.42. The monoisotopic (exact) mass is 560 g/mol. The van der Waals surface area contributed by atoms with Crippen molar-refractivity contribution in [2.75, 3.05) is 11.4 Å². The van der Waals surface area contributed by atoms with E-state index in [9.17, 15) is 14.0 Å². The summed E-state index contributed by atoms with van der Waals surface area (Å²) in [7, 11) is 0. The maximum absolute atomic E-state index is 14.2. The number of carbonyl (C=O) groups excluding carboxylic acids is 2. The van der Waals surface area contributed by atoms with E-state index >= 15 is 0 Å². The Morgan fingerprint density at radius 3 is 2.26 bits per heavy atom. The van der Waals surface area contributed by atoms with Gasteiger partial charge < -0.3 is 10.1 Å². The topological polar surface area (TPSA) is 76.5 Å². The van der Waals surface area contributed by atoms with Crippen molar-refractivity contribution in [3.8, 4) is 17.2 Å². The fourth-order valence-electron chi connectivity index (χ4n) is 5.51. The van der Waals surface area contributed by atoms with Crippen LogP contribution in [0.15, 0.2) is 109 Å². The summed E-state index contributed by atoms with van der Waals surface area (Å²) in [5.41, 5.74) is 3.37. The number of likely N-dealkylation sites (N-methyl/N-ethyl adjacent to an activating group) is 1. The van der Waals surface area contributed by atoms with Crippen molar-refractivity contribution in [2.45, 2.75) is 25.8 Å². The van der Waals surface area contributed by atoms with E-state index in [0.717, 1.165) is 11.3 Å². The molecule has 2 amide bonds. The van der Waals surface area contributed by atoms with Gasteiger partial charge in [0.05, 0.1) is 11.4 Å². The Hall–Kier alpha value is -5.24. The van der Waals surface area contributed by atoms with Crippen LogP contribution in [0.2, 0.25) is 0 Å². The molecule has 2 heterocycles. The zero-order valence-electron chi connectivity index (χ0n) is 23.2. The third-order valence-corrected chi connectivity index (χ3v) is 7.42. The van der Waals surface area contributed by atoms with Gasteiger partial charge in [-0.1, -0.05) is 54.6 Å². The average Bonchev–Trinajstić information content (AvgIpc) is 3.35. The Balaban J connectivity index is 1.41. The fourth-order valence-corrected chi connectivity index (χ4v) is 5.51. The summed E-state index contributed by atoms with van der Waals surface area (Å²) in [5, 5.41) is 7.84. The van der Waals surface area contributed by atoms with Gasteiger partial charge in [0.15, 0.2) is 0 Å². The number of hydrogen-bond donors (Lipinski definition) is 1. The number of aromatic nitrogens is 2. The summed E-state index contributed by atoms with van der Waals surface area (Å²) in [5.74, 6) is 0.101. The molecule has 2 atom stereocenters. The SMILES string of the molecule is CCN1C(=O)[C@@H](NC(=O)c2cccc(Oc3ccccc3)c2)[C@@H](c2ccc(F)cc2)c2c(C)nn(-c3ccccc3)c21. The minimum atomic E-state index is -0.957. The van der Waals surface area contributed by atoms with Gasteiger partial charge in [0, 0.05) is 23.6 Å². The first-order valence-corrected chi connectivity index (χ1v) is 13.8. The van der Waals surface area contributed by atoms with Gasteiger partial charge >= 0.3 is 0 Å².